The largest absolute Gasteiger partial charge is 0.378 e. The van der Waals surface area contributed by atoms with E-state index < -0.39 is 0 Å². The van der Waals surface area contributed by atoms with Gasteiger partial charge in [0, 0.05) is 31.4 Å². The number of carbonyl (C=O) groups is 1. The van der Waals surface area contributed by atoms with Gasteiger partial charge in [-0.05, 0) is 31.0 Å². The molecular weight excluding hydrogens is 356 g/mol. The summed E-state index contributed by atoms with van der Waals surface area (Å²) in [5.41, 5.74) is 0.873. The first-order chi connectivity index (χ1) is 10.7. The summed E-state index contributed by atoms with van der Waals surface area (Å²) >= 11 is 0. The Morgan fingerprint density at radius 2 is 2.21 bits per heavy atom. The summed E-state index contributed by atoms with van der Waals surface area (Å²) in [6.07, 6.45) is 1.93. The standard InChI is InChI=1S/C16H22FN3O2.2ClH/c17-12-3-1-5-14(9-12)20-7-2-4-13(10-20)19-16(21)15-11-22-8-6-18-15;;/h1,3,5,9,13,15,18H,2,4,6-8,10-11H2,(H,19,21);2*1H. The van der Waals surface area contributed by atoms with Crippen molar-refractivity contribution in [1.82, 2.24) is 10.6 Å². The van der Waals surface area contributed by atoms with Crippen molar-refractivity contribution < 1.29 is 13.9 Å². The van der Waals surface area contributed by atoms with Gasteiger partial charge in [-0.3, -0.25) is 4.79 Å². The minimum atomic E-state index is -0.265. The number of benzene rings is 1. The average Bonchev–Trinajstić information content (AvgIpc) is 2.56. The first kappa shape index (κ1) is 21.0. The summed E-state index contributed by atoms with van der Waals surface area (Å²) in [7, 11) is 0. The monoisotopic (exact) mass is 379 g/mol. The van der Waals surface area contributed by atoms with E-state index in [1.54, 1.807) is 12.1 Å². The van der Waals surface area contributed by atoms with Gasteiger partial charge in [-0.1, -0.05) is 6.07 Å². The zero-order valence-corrected chi connectivity index (χ0v) is 15.0. The Hall–Kier alpha value is -1.08. The van der Waals surface area contributed by atoms with Crippen LogP contribution in [0.15, 0.2) is 24.3 Å². The predicted molar refractivity (Wildman–Crippen MR) is 96.9 cm³/mol. The van der Waals surface area contributed by atoms with Crippen LogP contribution in [0.1, 0.15) is 12.8 Å². The quantitative estimate of drug-likeness (QED) is 0.839. The summed E-state index contributed by atoms with van der Waals surface area (Å²) in [5, 5.41) is 6.24. The number of anilines is 1. The van der Waals surface area contributed by atoms with Crippen molar-refractivity contribution in [2.24, 2.45) is 0 Å². The fourth-order valence-electron chi connectivity index (χ4n) is 3.04. The average molecular weight is 380 g/mol. The minimum absolute atomic E-state index is 0. The second-order valence-corrected chi connectivity index (χ2v) is 5.86. The molecule has 2 aliphatic heterocycles. The first-order valence-corrected chi connectivity index (χ1v) is 7.84. The predicted octanol–water partition coefficient (Wildman–Crippen LogP) is 1.74. The maximum Gasteiger partial charge on any atom is 0.239 e. The van der Waals surface area contributed by atoms with Crippen molar-refractivity contribution in [3.8, 4) is 0 Å². The van der Waals surface area contributed by atoms with E-state index in [2.05, 4.69) is 15.5 Å². The van der Waals surface area contributed by atoms with Gasteiger partial charge in [-0.2, -0.15) is 0 Å². The Bertz CT molecular complexity index is 530. The highest BCUT2D eigenvalue weighted by Gasteiger charge is 2.26. The van der Waals surface area contributed by atoms with Crippen LogP contribution in [0, 0.1) is 5.82 Å². The number of amides is 1. The third kappa shape index (κ3) is 5.48. The Morgan fingerprint density at radius 3 is 2.92 bits per heavy atom. The fraction of sp³-hybridized carbons (Fsp3) is 0.562. The Balaban J connectivity index is 0.00000144. The van der Waals surface area contributed by atoms with Crippen LogP contribution >= 0.6 is 24.8 Å². The summed E-state index contributed by atoms with van der Waals surface area (Å²) in [4.78, 5) is 14.4. The van der Waals surface area contributed by atoms with E-state index in [9.17, 15) is 9.18 Å². The molecule has 2 fully saturated rings. The summed E-state index contributed by atoms with van der Waals surface area (Å²) in [6.45, 7) is 3.38. The molecule has 0 aromatic heterocycles. The number of carbonyl (C=O) groups excluding carboxylic acids is 1. The van der Waals surface area contributed by atoms with Crippen LogP contribution in [0.3, 0.4) is 0 Å². The van der Waals surface area contributed by atoms with Crippen molar-refractivity contribution >= 4 is 36.4 Å². The van der Waals surface area contributed by atoms with Crippen molar-refractivity contribution in [1.29, 1.82) is 0 Å². The lowest BCUT2D eigenvalue weighted by atomic mass is 10.0. The third-order valence-electron chi connectivity index (χ3n) is 4.18. The van der Waals surface area contributed by atoms with Crippen LogP contribution in [-0.4, -0.2) is 50.8 Å². The third-order valence-corrected chi connectivity index (χ3v) is 4.18. The van der Waals surface area contributed by atoms with E-state index in [1.165, 1.54) is 6.07 Å². The maximum atomic E-state index is 13.4. The van der Waals surface area contributed by atoms with Crippen LogP contribution in [0.2, 0.25) is 0 Å². The number of halogens is 3. The molecule has 0 aliphatic carbocycles. The summed E-state index contributed by atoms with van der Waals surface area (Å²) < 4.78 is 18.7. The lowest BCUT2D eigenvalue weighted by molar-refractivity contribution is -0.126. The Kier molecular flexibility index (Phi) is 8.76. The van der Waals surface area contributed by atoms with Gasteiger partial charge in [0.05, 0.1) is 13.2 Å². The molecule has 0 spiro atoms. The number of hydrogen-bond donors (Lipinski definition) is 2. The molecule has 24 heavy (non-hydrogen) atoms. The molecular formula is C16H24Cl2FN3O2. The van der Waals surface area contributed by atoms with E-state index in [0.29, 0.717) is 26.3 Å². The van der Waals surface area contributed by atoms with Gasteiger partial charge in [0.15, 0.2) is 0 Å². The van der Waals surface area contributed by atoms with E-state index >= 15 is 0 Å². The van der Waals surface area contributed by atoms with Crippen LogP contribution in [0.5, 0.6) is 0 Å². The molecule has 1 amide bonds. The number of rotatable bonds is 3. The highest BCUT2D eigenvalue weighted by Crippen LogP contribution is 2.20. The Morgan fingerprint density at radius 1 is 1.38 bits per heavy atom. The van der Waals surface area contributed by atoms with Crippen molar-refractivity contribution in [2.45, 2.75) is 24.9 Å². The molecule has 2 aliphatic rings. The van der Waals surface area contributed by atoms with E-state index in [4.69, 9.17) is 4.74 Å². The summed E-state index contributed by atoms with van der Waals surface area (Å²) in [5.74, 6) is -0.238. The lowest BCUT2D eigenvalue weighted by Crippen LogP contribution is -2.56. The van der Waals surface area contributed by atoms with E-state index in [-0.39, 0.29) is 48.6 Å². The van der Waals surface area contributed by atoms with Crippen molar-refractivity contribution in [2.75, 3.05) is 37.7 Å². The molecule has 2 N–H and O–H groups in total. The van der Waals surface area contributed by atoms with Gasteiger partial charge in [0.2, 0.25) is 5.91 Å². The topological polar surface area (TPSA) is 53.6 Å². The molecule has 8 heteroatoms. The van der Waals surface area contributed by atoms with Gasteiger partial charge in [0.1, 0.15) is 11.9 Å². The lowest BCUT2D eigenvalue weighted by Gasteiger charge is -2.35. The number of ether oxygens (including phenoxy) is 1. The molecule has 0 saturated carbocycles. The van der Waals surface area contributed by atoms with Gasteiger partial charge in [0.25, 0.3) is 0 Å². The van der Waals surface area contributed by atoms with Gasteiger partial charge in [-0.15, -0.1) is 24.8 Å². The van der Waals surface area contributed by atoms with Crippen LogP contribution in [-0.2, 0) is 9.53 Å². The molecule has 3 rings (SSSR count). The molecule has 0 bridgehead atoms. The molecule has 5 nitrogen and oxygen atoms in total. The fourth-order valence-corrected chi connectivity index (χ4v) is 3.04. The number of piperidine rings is 1. The van der Waals surface area contributed by atoms with Crippen molar-refractivity contribution in [3.05, 3.63) is 30.1 Å². The van der Waals surface area contributed by atoms with E-state index in [1.807, 2.05) is 6.07 Å². The SMILES string of the molecule is Cl.Cl.O=C(NC1CCCN(c2cccc(F)c2)C1)C1COCCN1. The number of nitrogens with zero attached hydrogens (tertiary/aromatic N) is 1. The van der Waals surface area contributed by atoms with Crippen LogP contribution < -0.4 is 15.5 Å². The second kappa shape index (κ2) is 10.0. The number of hydrogen-bond acceptors (Lipinski definition) is 4. The molecule has 136 valence electrons. The molecule has 2 atom stereocenters. The number of morpholine rings is 1. The van der Waals surface area contributed by atoms with Crippen molar-refractivity contribution in [3.63, 3.8) is 0 Å². The first-order valence-electron chi connectivity index (χ1n) is 7.84. The molecule has 1 aromatic carbocycles. The number of nitrogens with one attached hydrogen (secondary N) is 2. The molecule has 0 radical (unpaired) electrons. The Labute approximate surface area is 154 Å². The van der Waals surface area contributed by atoms with E-state index in [0.717, 1.165) is 25.1 Å². The zero-order valence-electron chi connectivity index (χ0n) is 13.4. The van der Waals surface area contributed by atoms with Crippen LogP contribution in [0.4, 0.5) is 10.1 Å². The zero-order chi connectivity index (χ0) is 15.4. The highest BCUT2D eigenvalue weighted by atomic mass is 35.5. The van der Waals surface area contributed by atoms with Gasteiger partial charge < -0.3 is 20.3 Å². The molecule has 2 saturated heterocycles. The maximum absolute atomic E-state index is 13.4. The molecule has 1 aromatic rings. The molecule has 2 heterocycles. The highest BCUT2D eigenvalue weighted by molar-refractivity contribution is 5.85. The normalized spacial score (nSPS) is 23.6. The van der Waals surface area contributed by atoms with Crippen LogP contribution in [0.25, 0.3) is 0 Å². The van der Waals surface area contributed by atoms with Gasteiger partial charge >= 0.3 is 0 Å². The van der Waals surface area contributed by atoms with Gasteiger partial charge in [-0.25, -0.2) is 4.39 Å². The minimum Gasteiger partial charge on any atom is -0.378 e. The molecule has 2 unspecified atom stereocenters. The summed E-state index contributed by atoms with van der Waals surface area (Å²) in [6, 6.07) is 6.44. The second-order valence-electron chi connectivity index (χ2n) is 5.86. The smallest absolute Gasteiger partial charge is 0.239 e.